The highest BCUT2D eigenvalue weighted by atomic mass is 19.2. The van der Waals surface area contributed by atoms with E-state index in [0.29, 0.717) is 0 Å². The quantitative estimate of drug-likeness (QED) is 0.481. The predicted octanol–water partition coefficient (Wildman–Crippen LogP) is 2.62. The van der Waals surface area contributed by atoms with Crippen molar-refractivity contribution in [1.29, 1.82) is 0 Å². The number of pyridine rings is 1. The van der Waals surface area contributed by atoms with E-state index in [2.05, 4.69) is 16.9 Å². The molecule has 1 heterocycles. The number of hydrogen-bond acceptors (Lipinski definition) is 2. The zero-order valence-corrected chi connectivity index (χ0v) is 7.82. The van der Waals surface area contributed by atoms with Crippen LogP contribution in [0.25, 0.3) is 0 Å². The molecule has 0 spiro atoms. The fourth-order valence-electron chi connectivity index (χ4n) is 0.900. The zero-order valence-electron chi connectivity index (χ0n) is 7.82. The van der Waals surface area contributed by atoms with Gasteiger partial charge in [0, 0.05) is 6.04 Å². The fraction of sp³-hybridized carbons (Fsp3) is 0.222. The second-order valence-electron chi connectivity index (χ2n) is 2.87. The van der Waals surface area contributed by atoms with E-state index in [1.807, 2.05) is 0 Å². The molecule has 0 radical (unpaired) electrons. The predicted molar refractivity (Wildman–Crippen MR) is 47.4 cm³/mol. The lowest BCUT2D eigenvalue weighted by atomic mass is 10.3. The van der Waals surface area contributed by atoms with Crippen LogP contribution in [0, 0.1) is 23.5 Å². The van der Waals surface area contributed by atoms with Gasteiger partial charge in [-0.3, -0.25) is 0 Å². The van der Waals surface area contributed by atoms with Gasteiger partial charge < -0.3 is 5.32 Å². The molecule has 0 bridgehead atoms. The van der Waals surface area contributed by atoms with E-state index < -0.39 is 35.3 Å². The lowest BCUT2D eigenvalue weighted by Gasteiger charge is -2.12. The third-order valence-corrected chi connectivity index (χ3v) is 1.72. The summed E-state index contributed by atoms with van der Waals surface area (Å²) in [4.78, 5) is 2.42. The maximum absolute atomic E-state index is 13.0. The van der Waals surface area contributed by atoms with Gasteiger partial charge in [-0.2, -0.15) is 22.5 Å². The van der Waals surface area contributed by atoms with Crippen molar-refractivity contribution in [2.45, 2.75) is 13.0 Å². The Morgan fingerprint density at radius 1 is 1.20 bits per heavy atom. The molecule has 82 valence electrons. The Morgan fingerprint density at radius 3 is 2.07 bits per heavy atom. The van der Waals surface area contributed by atoms with Crippen molar-refractivity contribution < 1.29 is 17.6 Å². The van der Waals surface area contributed by atoms with Crippen LogP contribution in [0.2, 0.25) is 0 Å². The maximum Gasteiger partial charge on any atom is 0.253 e. The van der Waals surface area contributed by atoms with Gasteiger partial charge in [-0.1, -0.05) is 6.08 Å². The van der Waals surface area contributed by atoms with Crippen LogP contribution in [-0.4, -0.2) is 11.0 Å². The molecule has 0 aliphatic heterocycles. The number of hydrogen-bond donors (Lipinski definition) is 1. The van der Waals surface area contributed by atoms with Gasteiger partial charge in [-0.25, -0.2) is 0 Å². The molecule has 1 N–H and O–H groups in total. The van der Waals surface area contributed by atoms with Gasteiger partial charge in [-0.15, -0.1) is 6.58 Å². The number of aromatic nitrogens is 1. The van der Waals surface area contributed by atoms with Crippen molar-refractivity contribution in [2.24, 2.45) is 0 Å². The van der Waals surface area contributed by atoms with Crippen molar-refractivity contribution in [1.82, 2.24) is 4.98 Å². The summed E-state index contributed by atoms with van der Waals surface area (Å²) >= 11 is 0. The van der Waals surface area contributed by atoms with Crippen LogP contribution in [-0.2, 0) is 0 Å². The summed E-state index contributed by atoms with van der Waals surface area (Å²) in [5.41, 5.74) is -0.882. The van der Waals surface area contributed by atoms with Crippen LogP contribution in [0.15, 0.2) is 12.7 Å². The van der Waals surface area contributed by atoms with Gasteiger partial charge in [-0.05, 0) is 6.92 Å². The Morgan fingerprint density at radius 2 is 1.67 bits per heavy atom. The molecule has 0 aliphatic carbocycles. The number of nitrogens with zero attached hydrogens (tertiary/aromatic N) is 1. The minimum Gasteiger partial charge on any atom is -0.374 e. The molecule has 15 heavy (non-hydrogen) atoms. The minimum atomic E-state index is -1.69. The zero-order chi connectivity index (χ0) is 11.6. The molecule has 0 fully saturated rings. The van der Waals surface area contributed by atoms with Crippen molar-refractivity contribution in [3.63, 3.8) is 0 Å². The minimum absolute atomic E-state index is 0.532. The largest absolute Gasteiger partial charge is 0.374 e. The van der Waals surface area contributed by atoms with E-state index in [-0.39, 0.29) is 0 Å². The maximum atomic E-state index is 13.0. The van der Waals surface area contributed by atoms with Gasteiger partial charge in [0.05, 0.1) is 0 Å². The third kappa shape index (κ3) is 2.26. The molecular weight excluding hydrogens is 212 g/mol. The van der Waals surface area contributed by atoms with E-state index in [0.717, 1.165) is 0 Å². The second kappa shape index (κ2) is 4.29. The molecule has 0 amide bonds. The van der Waals surface area contributed by atoms with Crippen LogP contribution in [0.4, 0.5) is 23.2 Å². The number of rotatable bonds is 3. The van der Waals surface area contributed by atoms with Gasteiger partial charge in [0.2, 0.25) is 11.6 Å². The van der Waals surface area contributed by atoms with Crippen molar-refractivity contribution in [3.05, 3.63) is 36.2 Å². The topological polar surface area (TPSA) is 24.9 Å². The van der Waals surface area contributed by atoms with Crippen LogP contribution >= 0.6 is 0 Å². The van der Waals surface area contributed by atoms with E-state index in [1.54, 1.807) is 0 Å². The van der Waals surface area contributed by atoms with Crippen LogP contribution < -0.4 is 5.32 Å². The molecule has 0 saturated carbocycles. The van der Waals surface area contributed by atoms with E-state index in [4.69, 9.17) is 0 Å². The molecule has 1 rings (SSSR count). The van der Waals surface area contributed by atoms with Crippen molar-refractivity contribution in [3.8, 4) is 0 Å². The summed E-state index contributed by atoms with van der Waals surface area (Å²) < 4.78 is 51.2. The summed E-state index contributed by atoms with van der Waals surface area (Å²) in [5, 5.41) is 2.22. The molecule has 2 nitrogen and oxygen atoms in total. The van der Waals surface area contributed by atoms with Gasteiger partial charge in [0.25, 0.3) is 11.9 Å². The molecule has 1 aromatic heterocycles. The summed E-state index contributed by atoms with van der Waals surface area (Å²) in [6.07, 6.45) is 1.33. The second-order valence-corrected chi connectivity index (χ2v) is 2.87. The Balaban J connectivity index is 3.20. The standard InChI is InChI=1S/C9H8F4N2/c1-3-4(2)14-7-5(10)8(12)15-9(13)6(7)11/h3-4H,1H2,2H3,(H,14,15). The Kier molecular flexibility index (Phi) is 3.28. The van der Waals surface area contributed by atoms with Gasteiger partial charge in [0.1, 0.15) is 5.69 Å². The smallest absolute Gasteiger partial charge is 0.253 e. The average molecular weight is 220 g/mol. The average Bonchev–Trinajstić information content (AvgIpc) is 2.21. The molecule has 1 atom stereocenters. The van der Waals surface area contributed by atoms with E-state index in [9.17, 15) is 17.6 Å². The van der Waals surface area contributed by atoms with Crippen LogP contribution in [0.1, 0.15) is 6.92 Å². The number of halogens is 4. The first-order valence-electron chi connectivity index (χ1n) is 4.06. The first-order valence-corrected chi connectivity index (χ1v) is 4.06. The lowest BCUT2D eigenvalue weighted by Crippen LogP contribution is -2.16. The molecule has 0 aliphatic rings. The van der Waals surface area contributed by atoms with Gasteiger partial charge >= 0.3 is 0 Å². The molecule has 0 aromatic carbocycles. The summed E-state index contributed by atoms with van der Waals surface area (Å²) in [6.45, 7) is 4.87. The molecular formula is C9H8F4N2. The van der Waals surface area contributed by atoms with E-state index >= 15 is 0 Å². The highest BCUT2D eigenvalue weighted by Gasteiger charge is 2.21. The Labute approximate surface area is 83.6 Å². The summed E-state index contributed by atoms with van der Waals surface area (Å²) in [6, 6.07) is -0.532. The Bertz CT molecular complexity index is 366. The third-order valence-electron chi connectivity index (χ3n) is 1.72. The molecule has 6 heteroatoms. The van der Waals surface area contributed by atoms with Crippen molar-refractivity contribution >= 4 is 5.69 Å². The monoisotopic (exact) mass is 220 g/mol. The Hall–Kier alpha value is -1.59. The normalized spacial score (nSPS) is 12.3. The molecule has 1 aromatic rings. The first kappa shape index (κ1) is 11.5. The summed E-state index contributed by atoms with van der Waals surface area (Å²) in [7, 11) is 0. The SMILES string of the molecule is C=CC(C)Nc1c(F)c(F)nc(F)c1F. The van der Waals surface area contributed by atoms with Crippen LogP contribution in [0.5, 0.6) is 0 Å². The number of anilines is 1. The molecule has 1 unspecified atom stereocenters. The molecule has 0 saturated heterocycles. The van der Waals surface area contributed by atoms with Gasteiger partial charge in [0.15, 0.2) is 0 Å². The number of nitrogens with one attached hydrogen (secondary N) is 1. The summed E-state index contributed by atoms with van der Waals surface area (Å²) in [5.74, 6) is -6.48. The highest BCUT2D eigenvalue weighted by Crippen LogP contribution is 2.22. The fourth-order valence-corrected chi connectivity index (χ4v) is 0.900. The van der Waals surface area contributed by atoms with Crippen LogP contribution in [0.3, 0.4) is 0 Å². The van der Waals surface area contributed by atoms with E-state index in [1.165, 1.54) is 13.0 Å². The highest BCUT2D eigenvalue weighted by molar-refractivity contribution is 5.46. The lowest BCUT2D eigenvalue weighted by molar-refractivity contribution is 0.410. The van der Waals surface area contributed by atoms with Crippen molar-refractivity contribution in [2.75, 3.05) is 5.32 Å². The first-order chi connectivity index (χ1) is 6.97.